The van der Waals surface area contributed by atoms with Gasteiger partial charge in [0, 0.05) is 25.7 Å². The van der Waals surface area contributed by atoms with Gasteiger partial charge in [0.25, 0.3) is 0 Å². The van der Waals surface area contributed by atoms with Crippen LogP contribution in [0.15, 0.2) is 0 Å². The minimum absolute atomic E-state index is 1.36. The first-order chi connectivity index (χ1) is 4.97. The maximum absolute atomic E-state index is 2.62. The Morgan fingerprint density at radius 1 is 0.800 bits per heavy atom. The molecule has 0 aromatic heterocycles. The van der Waals surface area contributed by atoms with Crippen LogP contribution < -0.4 is 0 Å². The van der Waals surface area contributed by atoms with Crippen LogP contribution in [-0.4, -0.2) is 23.4 Å². The summed E-state index contributed by atoms with van der Waals surface area (Å²) in [7, 11) is 0. The van der Waals surface area contributed by atoms with Crippen LogP contribution in [0.5, 0.6) is 0 Å². The van der Waals surface area contributed by atoms with Gasteiger partial charge in [-0.1, -0.05) is 0 Å². The van der Waals surface area contributed by atoms with Crippen LogP contribution in [0, 0.1) is 0 Å². The molecule has 0 unspecified atom stereocenters. The van der Waals surface area contributed by atoms with E-state index in [2.05, 4.69) is 4.58 Å². The molecule has 2 aliphatic heterocycles. The number of rotatable bonds is 0. The Hall–Kier alpha value is -0.330. The lowest BCUT2D eigenvalue weighted by Crippen LogP contribution is -2.13. The van der Waals surface area contributed by atoms with E-state index in [1.54, 1.807) is 5.71 Å². The highest BCUT2D eigenvalue weighted by molar-refractivity contribution is 5.80. The molecule has 0 radical (unpaired) electrons. The molecule has 0 aromatic rings. The van der Waals surface area contributed by atoms with Crippen molar-refractivity contribution < 1.29 is 4.58 Å². The van der Waals surface area contributed by atoms with Crippen LogP contribution in [0.25, 0.3) is 0 Å². The van der Waals surface area contributed by atoms with E-state index in [1.807, 2.05) is 0 Å². The fraction of sp³-hybridized carbons (Fsp3) is 0.889. The van der Waals surface area contributed by atoms with E-state index in [0.717, 1.165) is 0 Å². The van der Waals surface area contributed by atoms with Gasteiger partial charge in [-0.3, -0.25) is 0 Å². The quantitative estimate of drug-likeness (QED) is 0.449. The summed E-state index contributed by atoms with van der Waals surface area (Å²) in [5.41, 5.74) is 1.76. The zero-order chi connectivity index (χ0) is 6.81. The highest BCUT2D eigenvalue weighted by atomic mass is 15.0. The second kappa shape index (κ2) is 2.73. The van der Waals surface area contributed by atoms with Crippen LogP contribution >= 0.6 is 0 Å². The molecule has 2 heterocycles. The van der Waals surface area contributed by atoms with Crippen molar-refractivity contribution in [2.24, 2.45) is 0 Å². The first kappa shape index (κ1) is 6.38. The molecule has 0 fully saturated rings. The van der Waals surface area contributed by atoms with Crippen molar-refractivity contribution in [3.63, 3.8) is 0 Å². The molecule has 56 valence electrons. The maximum Gasteiger partial charge on any atom is 0.152 e. The van der Waals surface area contributed by atoms with Crippen LogP contribution in [0.1, 0.15) is 38.5 Å². The molecule has 0 bridgehead atoms. The molecule has 2 rings (SSSR count). The van der Waals surface area contributed by atoms with Gasteiger partial charge in [-0.15, -0.1) is 0 Å². The molecule has 0 saturated heterocycles. The lowest BCUT2D eigenvalue weighted by molar-refractivity contribution is -0.520. The number of hydrogen-bond donors (Lipinski definition) is 0. The average molecular weight is 138 g/mol. The van der Waals surface area contributed by atoms with Crippen molar-refractivity contribution in [1.29, 1.82) is 0 Å². The summed E-state index contributed by atoms with van der Waals surface area (Å²) in [6.07, 6.45) is 8.57. The minimum atomic E-state index is 1.36. The molecule has 0 amide bonds. The molecule has 1 heteroatoms. The Morgan fingerprint density at radius 2 is 1.60 bits per heavy atom. The number of nitrogens with zero attached hydrogens (tertiary/aromatic N) is 1. The summed E-state index contributed by atoms with van der Waals surface area (Å²) in [4.78, 5) is 0. The average Bonchev–Trinajstić information content (AvgIpc) is 2.28. The Bertz CT molecular complexity index is 142. The second-order valence-corrected chi connectivity index (χ2v) is 3.47. The van der Waals surface area contributed by atoms with Gasteiger partial charge in [0.1, 0.15) is 13.1 Å². The van der Waals surface area contributed by atoms with Crippen LogP contribution in [0.2, 0.25) is 0 Å². The topological polar surface area (TPSA) is 3.01 Å². The molecule has 0 aliphatic carbocycles. The van der Waals surface area contributed by atoms with Gasteiger partial charge in [0.15, 0.2) is 5.71 Å². The highest BCUT2D eigenvalue weighted by Gasteiger charge is 2.22. The molecule has 0 aromatic carbocycles. The second-order valence-electron chi connectivity index (χ2n) is 3.47. The molecule has 10 heavy (non-hydrogen) atoms. The SMILES string of the molecule is C1CCC2=[N+](CC1)CCC2. The predicted octanol–water partition coefficient (Wildman–Crippen LogP) is 1.81. The third kappa shape index (κ3) is 1.09. The maximum atomic E-state index is 2.62. The first-order valence-electron chi connectivity index (χ1n) is 4.56. The van der Waals surface area contributed by atoms with E-state index in [-0.39, 0.29) is 0 Å². The van der Waals surface area contributed by atoms with Gasteiger partial charge in [-0.05, 0) is 12.8 Å². The summed E-state index contributed by atoms with van der Waals surface area (Å²) in [5, 5.41) is 0. The van der Waals surface area contributed by atoms with Crippen LogP contribution in [0.3, 0.4) is 0 Å². The van der Waals surface area contributed by atoms with Crippen LogP contribution in [0.4, 0.5) is 0 Å². The Kier molecular flexibility index (Phi) is 1.74. The lowest BCUT2D eigenvalue weighted by Gasteiger charge is -1.94. The van der Waals surface area contributed by atoms with Gasteiger partial charge in [0.05, 0.1) is 0 Å². The summed E-state index contributed by atoms with van der Waals surface area (Å²) in [5.74, 6) is 0. The third-order valence-corrected chi connectivity index (χ3v) is 2.73. The van der Waals surface area contributed by atoms with Gasteiger partial charge in [-0.25, -0.2) is 4.58 Å². The van der Waals surface area contributed by atoms with Crippen molar-refractivity contribution in [3.05, 3.63) is 0 Å². The molecule has 0 atom stereocenters. The Balaban J connectivity index is 2.10. The van der Waals surface area contributed by atoms with E-state index < -0.39 is 0 Å². The molecule has 0 spiro atoms. The smallest absolute Gasteiger partial charge is 0.152 e. The monoisotopic (exact) mass is 138 g/mol. The Labute approximate surface area is 62.8 Å². The lowest BCUT2D eigenvalue weighted by atomic mass is 10.1. The molecule has 0 N–H and O–H groups in total. The first-order valence-corrected chi connectivity index (χ1v) is 4.56. The van der Waals surface area contributed by atoms with E-state index in [1.165, 1.54) is 51.6 Å². The summed E-state index contributed by atoms with van der Waals surface area (Å²) < 4.78 is 2.62. The summed E-state index contributed by atoms with van der Waals surface area (Å²) in [6.45, 7) is 2.71. The number of hydrogen-bond acceptors (Lipinski definition) is 0. The van der Waals surface area contributed by atoms with E-state index in [4.69, 9.17) is 0 Å². The van der Waals surface area contributed by atoms with Gasteiger partial charge in [-0.2, -0.15) is 0 Å². The van der Waals surface area contributed by atoms with Gasteiger partial charge in [0.2, 0.25) is 0 Å². The summed E-state index contributed by atoms with van der Waals surface area (Å²) >= 11 is 0. The van der Waals surface area contributed by atoms with Crippen molar-refractivity contribution in [1.82, 2.24) is 0 Å². The standard InChI is InChI=1S/C9H16N/c1-2-5-9-6-4-8-10(9)7-3-1/h1-8H2/q+1. The summed E-state index contributed by atoms with van der Waals surface area (Å²) in [6, 6.07) is 0. The van der Waals surface area contributed by atoms with E-state index in [0.29, 0.717) is 0 Å². The van der Waals surface area contributed by atoms with Crippen LogP contribution in [-0.2, 0) is 0 Å². The molecular formula is C9H16N+. The fourth-order valence-corrected chi connectivity index (χ4v) is 2.15. The Morgan fingerprint density at radius 3 is 2.60 bits per heavy atom. The predicted molar refractivity (Wildman–Crippen MR) is 42.7 cm³/mol. The fourth-order valence-electron chi connectivity index (χ4n) is 2.15. The van der Waals surface area contributed by atoms with Gasteiger partial charge >= 0.3 is 0 Å². The third-order valence-electron chi connectivity index (χ3n) is 2.73. The largest absolute Gasteiger partial charge is 0.237 e. The van der Waals surface area contributed by atoms with Gasteiger partial charge < -0.3 is 0 Å². The normalized spacial score (nSPS) is 26.4. The molecule has 0 saturated carbocycles. The van der Waals surface area contributed by atoms with E-state index >= 15 is 0 Å². The van der Waals surface area contributed by atoms with Crippen molar-refractivity contribution in [2.75, 3.05) is 13.1 Å². The molecule has 1 nitrogen and oxygen atoms in total. The van der Waals surface area contributed by atoms with Crippen molar-refractivity contribution in [3.8, 4) is 0 Å². The minimum Gasteiger partial charge on any atom is -0.237 e. The van der Waals surface area contributed by atoms with Crippen molar-refractivity contribution in [2.45, 2.75) is 38.5 Å². The molecular weight excluding hydrogens is 122 g/mol. The highest BCUT2D eigenvalue weighted by Crippen LogP contribution is 2.15. The zero-order valence-electron chi connectivity index (χ0n) is 6.60. The zero-order valence-corrected chi connectivity index (χ0v) is 6.60. The van der Waals surface area contributed by atoms with E-state index in [9.17, 15) is 0 Å². The molecule has 2 aliphatic rings. The van der Waals surface area contributed by atoms with Crippen molar-refractivity contribution >= 4 is 5.71 Å².